The van der Waals surface area contributed by atoms with E-state index in [0.29, 0.717) is 33.0 Å². The first kappa shape index (κ1) is 22.7. The minimum atomic E-state index is 0.178. The predicted octanol–water partition coefficient (Wildman–Crippen LogP) is 9.24. The van der Waals surface area contributed by atoms with Crippen molar-refractivity contribution in [3.8, 4) is 11.1 Å². The molecule has 4 aromatic rings. The Morgan fingerprint density at radius 3 is 2.14 bits per heavy atom. The van der Waals surface area contributed by atoms with Crippen molar-refractivity contribution < 1.29 is 0 Å². The van der Waals surface area contributed by atoms with E-state index in [2.05, 4.69) is 9.97 Å². The number of nitrogens with zero attached hydrogens (tertiary/aromatic N) is 3. The van der Waals surface area contributed by atoms with Crippen LogP contribution in [0, 0.1) is 0 Å². The molecule has 0 unspecified atom stereocenters. The van der Waals surface area contributed by atoms with Gasteiger partial charge in [-0.15, -0.1) is 0 Å². The molecule has 1 aromatic carbocycles. The minimum absolute atomic E-state index is 0.178. The number of hydrogen-bond donors (Lipinski definition) is 1. The van der Waals surface area contributed by atoms with E-state index < -0.39 is 0 Å². The van der Waals surface area contributed by atoms with E-state index in [1.807, 2.05) is 66.7 Å². The van der Waals surface area contributed by atoms with E-state index in [0.717, 1.165) is 22.3 Å². The fraction of sp³-hybridized carbons (Fsp3) is 0. The Morgan fingerprint density at radius 1 is 0.714 bits per heavy atom. The van der Waals surface area contributed by atoms with Crippen LogP contribution in [-0.2, 0) is 0 Å². The van der Waals surface area contributed by atoms with Crippen LogP contribution in [-0.4, -0.2) is 19.0 Å². The van der Waals surface area contributed by atoms with E-state index in [9.17, 15) is 0 Å². The summed E-state index contributed by atoms with van der Waals surface area (Å²) in [5, 5.41) is 1.04. The van der Waals surface area contributed by atoms with Crippen molar-refractivity contribution in [2.45, 2.75) is 0 Å². The highest BCUT2D eigenvalue weighted by Gasteiger charge is 2.24. The summed E-state index contributed by atoms with van der Waals surface area (Å²) in [6.07, 6.45) is 3.85. The molecule has 0 amide bonds. The molecular formula is C26H13Cl5N4. The number of halogens is 5. The molecule has 1 N–H and O–H groups in total. The zero-order chi connectivity index (χ0) is 24.3. The summed E-state index contributed by atoms with van der Waals surface area (Å²) in [6.45, 7) is 0. The molecule has 9 heteroatoms. The lowest BCUT2D eigenvalue weighted by molar-refractivity contribution is 1.29. The van der Waals surface area contributed by atoms with Gasteiger partial charge in [0.15, 0.2) is 0 Å². The van der Waals surface area contributed by atoms with Gasteiger partial charge in [0.2, 0.25) is 0 Å². The summed E-state index contributed by atoms with van der Waals surface area (Å²) in [5.74, 6) is 0. The van der Waals surface area contributed by atoms with Gasteiger partial charge in [-0.05, 0) is 48.0 Å². The maximum absolute atomic E-state index is 6.94. The Kier molecular flexibility index (Phi) is 5.67. The molecule has 2 aliphatic heterocycles. The molecule has 0 radical (unpaired) electrons. The summed E-state index contributed by atoms with van der Waals surface area (Å²) >= 11 is 33.8. The standard InChI is InChI=1S/C26H13Cl5N4/c27-21-18-11-16-8-6-14(32-16)10-15-7-9-17(33-15)12-19-20(13-4-2-1-3-5-13)22(28)26(35(19)31)24(30)25(34-18)23(21)29/h1-12,32H. The monoisotopic (exact) mass is 556 g/mol. The van der Waals surface area contributed by atoms with Crippen molar-refractivity contribution >= 4 is 102 Å². The smallest absolute Gasteiger partial charge is 0.105 e. The van der Waals surface area contributed by atoms with Gasteiger partial charge in [0.25, 0.3) is 0 Å². The zero-order valence-electron chi connectivity index (χ0n) is 17.7. The molecular weight excluding hydrogens is 546 g/mol. The van der Waals surface area contributed by atoms with Gasteiger partial charge in [0.05, 0.1) is 48.2 Å². The van der Waals surface area contributed by atoms with Gasteiger partial charge < -0.3 is 4.98 Å². The van der Waals surface area contributed by atoms with Gasteiger partial charge in [-0.3, -0.25) is 0 Å². The number of aromatic nitrogens is 4. The molecule has 0 saturated carbocycles. The number of aromatic amines is 1. The van der Waals surface area contributed by atoms with Crippen molar-refractivity contribution in [2.24, 2.45) is 0 Å². The topological polar surface area (TPSA) is 46.5 Å². The van der Waals surface area contributed by atoms with Gasteiger partial charge in [0, 0.05) is 28.4 Å². The third kappa shape index (κ3) is 3.86. The van der Waals surface area contributed by atoms with E-state index in [-0.39, 0.29) is 20.8 Å². The van der Waals surface area contributed by atoms with Crippen molar-refractivity contribution in [2.75, 3.05) is 0 Å². The maximum Gasteiger partial charge on any atom is 0.105 e. The fourth-order valence-corrected chi connectivity index (χ4v) is 5.72. The third-order valence-corrected chi connectivity index (χ3v) is 7.65. The van der Waals surface area contributed by atoms with E-state index in [4.69, 9.17) is 63.2 Å². The first-order valence-corrected chi connectivity index (χ1v) is 12.3. The van der Waals surface area contributed by atoms with Gasteiger partial charge in [-0.1, -0.05) is 76.7 Å². The van der Waals surface area contributed by atoms with E-state index in [1.165, 1.54) is 4.09 Å². The maximum atomic E-state index is 6.94. The first-order chi connectivity index (χ1) is 16.9. The summed E-state index contributed by atoms with van der Waals surface area (Å²) in [7, 11) is 0. The Hall–Kier alpha value is -2.73. The average Bonchev–Trinajstić information content (AvgIpc) is 3.60. The molecule has 35 heavy (non-hydrogen) atoms. The number of nitrogens with one attached hydrogen (secondary N) is 1. The molecule has 8 bridgehead atoms. The minimum Gasteiger partial charge on any atom is -0.355 e. The third-order valence-electron chi connectivity index (χ3n) is 5.72. The van der Waals surface area contributed by atoms with E-state index in [1.54, 1.807) is 6.07 Å². The Morgan fingerprint density at radius 2 is 1.40 bits per heavy atom. The van der Waals surface area contributed by atoms with Crippen LogP contribution >= 0.6 is 58.2 Å². The van der Waals surface area contributed by atoms with Crippen LogP contribution in [0.5, 0.6) is 0 Å². The molecule has 3 aromatic heterocycles. The normalized spacial score (nSPS) is 13.1. The second-order valence-corrected chi connectivity index (χ2v) is 9.80. The molecule has 0 saturated heterocycles. The van der Waals surface area contributed by atoms with Crippen molar-refractivity contribution in [1.82, 2.24) is 19.0 Å². The number of hydrogen-bond acceptors (Lipinski definition) is 2. The highest BCUT2D eigenvalue weighted by Crippen LogP contribution is 2.45. The predicted molar refractivity (Wildman–Crippen MR) is 149 cm³/mol. The molecule has 2 aliphatic rings. The molecule has 0 aliphatic carbocycles. The van der Waals surface area contributed by atoms with Gasteiger partial charge in [0.1, 0.15) is 5.69 Å². The Bertz CT molecular complexity index is 1750. The number of benzene rings is 1. The van der Waals surface area contributed by atoms with Crippen molar-refractivity contribution in [3.05, 3.63) is 93.5 Å². The Balaban J connectivity index is 1.83. The van der Waals surface area contributed by atoms with Crippen molar-refractivity contribution in [1.29, 1.82) is 0 Å². The van der Waals surface area contributed by atoms with Crippen LogP contribution in [0.2, 0.25) is 10.0 Å². The highest BCUT2D eigenvalue weighted by molar-refractivity contribution is 6.66. The first-order valence-electron chi connectivity index (χ1n) is 10.5. The molecule has 6 rings (SSSR count). The average molecular weight is 559 g/mol. The number of rotatable bonds is 1. The SMILES string of the molecule is ClC1=C(Cl)c2nc1cc1ccc(cc3nc(cc4c(-c5ccccc5)c(Cl)c(c2Cl)n4Cl)C=C3)[nH]1. The van der Waals surface area contributed by atoms with Crippen LogP contribution in [0.25, 0.3) is 55.4 Å². The van der Waals surface area contributed by atoms with Crippen LogP contribution < -0.4 is 0 Å². The van der Waals surface area contributed by atoms with Gasteiger partial charge in [-0.25, -0.2) is 14.1 Å². The summed E-state index contributed by atoms with van der Waals surface area (Å²) in [6, 6.07) is 19.2. The lowest BCUT2D eigenvalue weighted by atomic mass is 10.1. The van der Waals surface area contributed by atoms with Crippen molar-refractivity contribution in [3.63, 3.8) is 0 Å². The Labute approximate surface area is 225 Å². The summed E-state index contributed by atoms with van der Waals surface area (Å²) in [5.41, 5.74) is 6.50. The summed E-state index contributed by atoms with van der Waals surface area (Å²) in [4.78, 5) is 12.6. The van der Waals surface area contributed by atoms with Crippen LogP contribution in [0.3, 0.4) is 0 Å². The van der Waals surface area contributed by atoms with Gasteiger partial charge in [-0.2, -0.15) is 0 Å². The molecule has 0 atom stereocenters. The quantitative estimate of drug-likeness (QED) is 0.223. The lowest BCUT2D eigenvalue weighted by Gasteiger charge is -2.00. The molecule has 0 fully saturated rings. The second kappa shape index (κ2) is 8.74. The van der Waals surface area contributed by atoms with Crippen LogP contribution in [0.4, 0.5) is 0 Å². The van der Waals surface area contributed by atoms with Crippen LogP contribution in [0.1, 0.15) is 22.8 Å². The number of H-pyrrole nitrogens is 1. The molecule has 5 heterocycles. The van der Waals surface area contributed by atoms with Gasteiger partial charge >= 0.3 is 0 Å². The lowest BCUT2D eigenvalue weighted by Crippen LogP contribution is -1.85. The van der Waals surface area contributed by atoms with E-state index >= 15 is 0 Å². The zero-order valence-corrected chi connectivity index (χ0v) is 21.4. The molecule has 0 spiro atoms. The highest BCUT2D eigenvalue weighted by atomic mass is 35.5. The van der Waals surface area contributed by atoms with Crippen LogP contribution in [0.15, 0.2) is 60.7 Å². The second-order valence-electron chi connectivity index (χ2n) is 7.95. The molecule has 172 valence electrons. The molecule has 4 nitrogen and oxygen atoms in total. The summed E-state index contributed by atoms with van der Waals surface area (Å²) < 4.78 is 1.41. The number of fused-ring (bicyclic) bond motifs is 8. The fourth-order valence-electron chi connectivity index (χ4n) is 4.11. The largest absolute Gasteiger partial charge is 0.355 e.